The summed E-state index contributed by atoms with van der Waals surface area (Å²) in [6.45, 7) is 1.95. The lowest BCUT2D eigenvalue weighted by Gasteiger charge is -2.08. The first-order chi connectivity index (χ1) is 9.66. The first-order valence-corrected chi connectivity index (χ1v) is 6.44. The Labute approximate surface area is 121 Å². The van der Waals surface area contributed by atoms with Crippen molar-refractivity contribution in [2.24, 2.45) is 0 Å². The maximum absolute atomic E-state index is 6.11. The highest BCUT2D eigenvalue weighted by Crippen LogP contribution is 2.27. The van der Waals surface area contributed by atoms with Gasteiger partial charge in [-0.15, -0.1) is 5.10 Å². The van der Waals surface area contributed by atoms with E-state index in [2.05, 4.69) is 15.5 Å². The molecular weight excluding hydrogens is 274 g/mol. The van der Waals surface area contributed by atoms with E-state index in [0.29, 0.717) is 16.5 Å². The van der Waals surface area contributed by atoms with Gasteiger partial charge in [0.15, 0.2) is 5.82 Å². The van der Waals surface area contributed by atoms with Crippen molar-refractivity contribution in [2.75, 3.05) is 5.73 Å². The third kappa shape index (κ3) is 2.12. The minimum atomic E-state index is 0.605. The van der Waals surface area contributed by atoms with Crippen LogP contribution in [0.1, 0.15) is 5.56 Å². The van der Waals surface area contributed by atoms with E-state index in [1.54, 1.807) is 16.8 Å². The predicted octanol–water partition coefficient (Wildman–Crippen LogP) is 2.87. The number of halogens is 1. The Bertz CT molecular complexity index is 749. The zero-order chi connectivity index (χ0) is 14.1. The number of benzene rings is 2. The molecule has 100 valence electrons. The van der Waals surface area contributed by atoms with Crippen LogP contribution in [0.25, 0.3) is 17.1 Å². The largest absolute Gasteiger partial charge is 0.398 e. The van der Waals surface area contributed by atoms with Gasteiger partial charge in [-0.05, 0) is 53.2 Å². The van der Waals surface area contributed by atoms with Crippen molar-refractivity contribution in [3.05, 3.63) is 53.1 Å². The van der Waals surface area contributed by atoms with Gasteiger partial charge in [-0.25, -0.2) is 0 Å². The van der Waals surface area contributed by atoms with Crippen LogP contribution in [-0.4, -0.2) is 20.2 Å². The van der Waals surface area contributed by atoms with Crippen LogP contribution in [0.3, 0.4) is 0 Å². The molecule has 0 aliphatic heterocycles. The molecule has 20 heavy (non-hydrogen) atoms. The molecule has 1 heterocycles. The van der Waals surface area contributed by atoms with Gasteiger partial charge in [0.2, 0.25) is 0 Å². The summed E-state index contributed by atoms with van der Waals surface area (Å²) < 4.78 is 1.64. The van der Waals surface area contributed by atoms with Crippen molar-refractivity contribution >= 4 is 17.3 Å². The van der Waals surface area contributed by atoms with Crippen LogP contribution in [0.4, 0.5) is 5.69 Å². The molecule has 0 radical (unpaired) electrons. The second-order valence-corrected chi connectivity index (χ2v) is 4.86. The molecule has 6 heteroatoms. The Morgan fingerprint density at radius 2 is 1.85 bits per heavy atom. The van der Waals surface area contributed by atoms with Gasteiger partial charge in [0.25, 0.3) is 0 Å². The fraction of sp³-hybridized carbons (Fsp3) is 0.0714. The monoisotopic (exact) mass is 285 g/mol. The zero-order valence-electron chi connectivity index (χ0n) is 10.8. The maximum Gasteiger partial charge on any atom is 0.189 e. The summed E-state index contributed by atoms with van der Waals surface area (Å²) >= 11 is 5.89. The van der Waals surface area contributed by atoms with E-state index in [0.717, 1.165) is 16.8 Å². The van der Waals surface area contributed by atoms with Crippen LogP contribution in [0.15, 0.2) is 42.5 Å². The predicted molar refractivity (Wildman–Crippen MR) is 78.7 cm³/mol. The minimum absolute atomic E-state index is 0.605. The van der Waals surface area contributed by atoms with Gasteiger partial charge in [0.05, 0.1) is 5.69 Å². The number of aromatic nitrogens is 4. The van der Waals surface area contributed by atoms with Crippen LogP contribution in [0.2, 0.25) is 5.02 Å². The quantitative estimate of drug-likeness (QED) is 0.735. The molecule has 0 aliphatic carbocycles. The van der Waals surface area contributed by atoms with Crippen LogP contribution in [0.5, 0.6) is 0 Å². The van der Waals surface area contributed by atoms with Gasteiger partial charge in [-0.2, -0.15) is 4.68 Å². The molecule has 0 saturated carbocycles. The number of nitrogens with zero attached hydrogens (tertiary/aromatic N) is 4. The average Bonchev–Trinajstić information content (AvgIpc) is 2.92. The van der Waals surface area contributed by atoms with Crippen molar-refractivity contribution in [1.29, 1.82) is 0 Å². The third-order valence-electron chi connectivity index (χ3n) is 3.11. The first-order valence-electron chi connectivity index (χ1n) is 6.06. The first kappa shape index (κ1) is 12.6. The number of hydrogen-bond acceptors (Lipinski definition) is 4. The highest BCUT2D eigenvalue weighted by Gasteiger charge is 2.14. The summed E-state index contributed by atoms with van der Waals surface area (Å²) in [5, 5.41) is 12.5. The van der Waals surface area contributed by atoms with E-state index < -0.39 is 0 Å². The molecule has 0 amide bonds. The number of nitrogen functional groups attached to an aromatic ring is 1. The summed E-state index contributed by atoms with van der Waals surface area (Å²) in [5.74, 6) is 0.605. The molecule has 1 aromatic heterocycles. The Balaban J connectivity index is 2.15. The lowest BCUT2D eigenvalue weighted by molar-refractivity contribution is 0.791. The van der Waals surface area contributed by atoms with Crippen molar-refractivity contribution in [3.63, 3.8) is 0 Å². The molecule has 0 saturated heterocycles. The van der Waals surface area contributed by atoms with Crippen LogP contribution < -0.4 is 5.73 Å². The number of anilines is 1. The summed E-state index contributed by atoms with van der Waals surface area (Å²) in [6.07, 6.45) is 0. The van der Waals surface area contributed by atoms with Crippen molar-refractivity contribution in [2.45, 2.75) is 6.92 Å². The van der Waals surface area contributed by atoms with E-state index in [-0.39, 0.29) is 0 Å². The summed E-state index contributed by atoms with van der Waals surface area (Å²) in [6, 6.07) is 13.1. The zero-order valence-corrected chi connectivity index (χ0v) is 11.5. The topological polar surface area (TPSA) is 69.6 Å². The van der Waals surface area contributed by atoms with E-state index >= 15 is 0 Å². The maximum atomic E-state index is 6.11. The molecule has 3 rings (SSSR count). The lowest BCUT2D eigenvalue weighted by atomic mass is 10.1. The fourth-order valence-electron chi connectivity index (χ4n) is 1.99. The van der Waals surface area contributed by atoms with E-state index in [1.807, 2.05) is 37.3 Å². The van der Waals surface area contributed by atoms with Crippen molar-refractivity contribution < 1.29 is 0 Å². The van der Waals surface area contributed by atoms with Gasteiger partial charge in [-0.1, -0.05) is 23.7 Å². The number of tetrazole rings is 1. The van der Waals surface area contributed by atoms with Gasteiger partial charge in [-0.3, -0.25) is 0 Å². The summed E-state index contributed by atoms with van der Waals surface area (Å²) in [5.41, 5.74) is 9.43. The molecule has 0 atom stereocenters. The molecule has 0 unspecified atom stereocenters. The second kappa shape index (κ2) is 4.94. The highest BCUT2D eigenvalue weighted by atomic mass is 35.5. The second-order valence-electron chi connectivity index (χ2n) is 4.43. The normalized spacial score (nSPS) is 10.7. The number of hydrogen-bond donors (Lipinski definition) is 1. The molecule has 3 aromatic rings. The molecule has 2 N–H and O–H groups in total. The summed E-state index contributed by atoms with van der Waals surface area (Å²) in [7, 11) is 0. The molecular formula is C14H12ClN5. The standard InChI is InChI=1S/C14H12ClN5/c1-9-3-2-4-12(13(9)16)14-17-18-19-20(14)11-7-5-10(15)6-8-11/h2-8H,16H2,1H3. The van der Waals surface area contributed by atoms with Crippen LogP contribution in [0, 0.1) is 6.92 Å². The molecule has 0 bridgehead atoms. The minimum Gasteiger partial charge on any atom is -0.398 e. The highest BCUT2D eigenvalue weighted by molar-refractivity contribution is 6.30. The van der Waals surface area contributed by atoms with Crippen molar-refractivity contribution in [1.82, 2.24) is 20.2 Å². The van der Waals surface area contributed by atoms with E-state index in [1.165, 1.54) is 0 Å². The van der Waals surface area contributed by atoms with Gasteiger partial charge in [0, 0.05) is 16.3 Å². The molecule has 2 aromatic carbocycles. The molecule has 0 aliphatic rings. The lowest BCUT2D eigenvalue weighted by Crippen LogP contribution is -2.02. The number of para-hydroxylation sites is 1. The number of nitrogens with two attached hydrogens (primary N) is 1. The Morgan fingerprint density at radius 3 is 2.60 bits per heavy atom. The van der Waals surface area contributed by atoms with Gasteiger partial charge < -0.3 is 5.73 Å². The number of aryl methyl sites for hydroxylation is 1. The van der Waals surface area contributed by atoms with Crippen molar-refractivity contribution in [3.8, 4) is 17.1 Å². The Hall–Kier alpha value is -2.40. The van der Waals surface area contributed by atoms with Gasteiger partial charge in [0.1, 0.15) is 0 Å². The molecule has 0 spiro atoms. The summed E-state index contributed by atoms with van der Waals surface area (Å²) in [4.78, 5) is 0. The van der Waals surface area contributed by atoms with Crippen LogP contribution in [-0.2, 0) is 0 Å². The molecule has 0 fully saturated rings. The third-order valence-corrected chi connectivity index (χ3v) is 3.36. The SMILES string of the molecule is Cc1cccc(-c2nnnn2-c2ccc(Cl)cc2)c1N. The molecule has 5 nitrogen and oxygen atoms in total. The fourth-order valence-corrected chi connectivity index (χ4v) is 2.11. The Morgan fingerprint density at radius 1 is 1.10 bits per heavy atom. The van der Waals surface area contributed by atoms with Crippen LogP contribution >= 0.6 is 11.6 Å². The number of rotatable bonds is 2. The smallest absolute Gasteiger partial charge is 0.189 e. The Kier molecular flexibility index (Phi) is 3.12. The van der Waals surface area contributed by atoms with E-state index in [4.69, 9.17) is 17.3 Å². The van der Waals surface area contributed by atoms with Gasteiger partial charge >= 0.3 is 0 Å². The average molecular weight is 286 g/mol. The van der Waals surface area contributed by atoms with E-state index in [9.17, 15) is 0 Å².